The van der Waals surface area contributed by atoms with Gasteiger partial charge in [-0.25, -0.2) is 4.39 Å². The van der Waals surface area contributed by atoms with Crippen LogP contribution in [-0.2, 0) is 4.79 Å². The van der Waals surface area contributed by atoms with Crippen molar-refractivity contribution >= 4 is 34.5 Å². The Kier molecular flexibility index (Phi) is 5.62. The van der Waals surface area contributed by atoms with Crippen molar-refractivity contribution in [2.75, 3.05) is 36.8 Å². The monoisotopic (exact) mass is 442 g/mol. The number of piperazine rings is 1. The number of fused-ring (bicyclic) bond motifs is 1. The average Bonchev–Trinajstić information content (AvgIpc) is 3.18. The molecule has 3 aromatic carbocycles. The maximum absolute atomic E-state index is 13.7. The van der Waals surface area contributed by atoms with Crippen LogP contribution in [0.4, 0.5) is 15.8 Å². The third kappa shape index (κ3) is 4.23. The molecule has 2 amide bonds. The zero-order chi connectivity index (χ0) is 22.8. The summed E-state index contributed by atoms with van der Waals surface area (Å²) < 4.78 is 13.7. The maximum Gasteiger partial charge on any atom is 0.258 e. The molecule has 6 nitrogen and oxygen atoms in total. The predicted molar refractivity (Wildman–Crippen MR) is 127 cm³/mol. The molecule has 2 aliphatic rings. The topological polar surface area (TPSA) is 73.5 Å². The van der Waals surface area contributed by atoms with Gasteiger partial charge in [-0.3, -0.25) is 9.59 Å². The van der Waals surface area contributed by atoms with Crippen LogP contribution in [0.15, 0.2) is 72.8 Å². The van der Waals surface area contributed by atoms with E-state index >= 15 is 0 Å². The van der Waals surface area contributed by atoms with Gasteiger partial charge in [-0.05, 0) is 48.0 Å². The van der Waals surface area contributed by atoms with Gasteiger partial charge in [0.25, 0.3) is 11.8 Å². The van der Waals surface area contributed by atoms with Crippen molar-refractivity contribution in [1.82, 2.24) is 10.2 Å². The summed E-state index contributed by atoms with van der Waals surface area (Å²) in [5, 5.41) is 9.36. The molecule has 1 fully saturated rings. The molecule has 5 rings (SSSR count). The van der Waals surface area contributed by atoms with Crippen LogP contribution in [0, 0.1) is 5.82 Å². The lowest BCUT2D eigenvalue weighted by Crippen LogP contribution is -2.46. The Hall–Kier alpha value is -3.97. The Balaban J connectivity index is 1.49. The first-order valence-corrected chi connectivity index (χ1v) is 10.9. The molecule has 0 saturated carbocycles. The Bertz CT molecular complexity index is 1230. The van der Waals surface area contributed by atoms with Gasteiger partial charge in [0.1, 0.15) is 5.82 Å². The number of benzene rings is 3. The van der Waals surface area contributed by atoms with E-state index in [1.165, 1.54) is 12.1 Å². The minimum Gasteiger partial charge on any atom is -0.354 e. The SMILES string of the molecule is O=C1Nc2cc(F)ccc2C1=C(Nc1ccc(C(=O)N2CCNCC2)cc1)c1ccccc1. The molecule has 0 bridgehead atoms. The van der Waals surface area contributed by atoms with Crippen LogP contribution in [0.2, 0.25) is 0 Å². The summed E-state index contributed by atoms with van der Waals surface area (Å²) in [5.74, 6) is -0.697. The lowest BCUT2D eigenvalue weighted by atomic mass is 10.00. The standard InChI is InChI=1S/C26H23FN4O2/c27-19-8-11-21-22(16-19)30-25(32)23(21)24(17-4-2-1-3-5-17)29-20-9-6-18(7-10-20)26(33)31-14-12-28-13-15-31/h1-11,16,28-29H,12-15H2,(H,30,32). The summed E-state index contributed by atoms with van der Waals surface area (Å²) >= 11 is 0. The van der Waals surface area contributed by atoms with Crippen molar-refractivity contribution < 1.29 is 14.0 Å². The quantitative estimate of drug-likeness (QED) is 0.538. The Labute approximate surface area is 191 Å². The van der Waals surface area contributed by atoms with E-state index in [1.807, 2.05) is 47.4 Å². The molecule has 0 aromatic heterocycles. The van der Waals surface area contributed by atoms with E-state index in [1.54, 1.807) is 18.2 Å². The smallest absolute Gasteiger partial charge is 0.258 e. The number of nitrogens with one attached hydrogen (secondary N) is 3. The predicted octanol–water partition coefficient (Wildman–Crippen LogP) is 3.80. The maximum atomic E-state index is 13.7. The number of amides is 2. The lowest BCUT2D eigenvalue weighted by Gasteiger charge is -2.27. The first kappa shape index (κ1) is 20.9. The second kappa shape index (κ2) is 8.88. The third-order valence-electron chi connectivity index (χ3n) is 5.84. The second-order valence-electron chi connectivity index (χ2n) is 8.00. The average molecular weight is 442 g/mol. The lowest BCUT2D eigenvalue weighted by molar-refractivity contribution is -0.110. The first-order chi connectivity index (χ1) is 16.1. The van der Waals surface area contributed by atoms with Crippen molar-refractivity contribution in [3.05, 3.63) is 95.3 Å². The van der Waals surface area contributed by atoms with Gasteiger partial charge < -0.3 is 20.9 Å². The number of carbonyl (C=O) groups is 2. The van der Waals surface area contributed by atoms with Crippen LogP contribution in [0.3, 0.4) is 0 Å². The van der Waals surface area contributed by atoms with Crippen molar-refractivity contribution in [2.24, 2.45) is 0 Å². The zero-order valence-electron chi connectivity index (χ0n) is 17.9. The Morgan fingerprint density at radius 2 is 1.64 bits per heavy atom. The van der Waals surface area contributed by atoms with Gasteiger partial charge in [-0.1, -0.05) is 30.3 Å². The van der Waals surface area contributed by atoms with Gasteiger partial charge >= 0.3 is 0 Å². The van der Waals surface area contributed by atoms with Gasteiger partial charge in [-0.2, -0.15) is 0 Å². The van der Waals surface area contributed by atoms with E-state index in [9.17, 15) is 14.0 Å². The molecular weight excluding hydrogens is 419 g/mol. The molecule has 2 aliphatic heterocycles. The normalized spacial score (nSPS) is 16.8. The largest absolute Gasteiger partial charge is 0.354 e. The third-order valence-corrected chi connectivity index (χ3v) is 5.84. The van der Waals surface area contributed by atoms with Crippen LogP contribution in [0.25, 0.3) is 11.3 Å². The van der Waals surface area contributed by atoms with E-state index in [4.69, 9.17) is 0 Å². The molecule has 0 radical (unpaired) electrons. The van der Waals surface area contributed by atoms with Crippen molar-refractivity contribution in [1.29, 1.82) is 0 Å². The summed E-state index contributed by atoms with van der Waals surface area (Å²) in [5.41, 5.74) is 4.32. The molecule has 166 valence electrons. The molecule has 33 heavy (non-hydrogen) atoms. The van der Waals surface area contributed by atoms with E-state index < -0.39 is 5.82 Å². The number of hydrogen-bond donors (Lipinski definition) is 3. The number of halogens is 1. The molecule has 3 N–H and O–H groups in total. The highest BCUT2D eigenvalue weighted by Gasteiger charge is 2.29. The van der Waals surface area contributed by atoms with Crippen molar-refractivity contribution in [2.45, 2.75) is 0 Å². The van der Waals surface area contributed by atoms with Gasteiger partial charge in [0, 0.05) is 43.0 Å². The molecule has 3 aromatic rings. The van der Waals surface area contributed by atoms with Gasteiger partial charge in [0.05, 0.1) is 17.0 Å². The highest BCUT2D eigenvalue weighted by molar-refractivity contribution is 6.37. The molecule has 0 atom stereocenters. The summed E-state index contributed by atoms with van der Waals surface area (Å²) in [6, 6.07) is 21.0. The van der Waals surface area contributed by atoms with Crippen molar-refractivity contribution in [3.63, 3.8) is 0 Å². The first-order valence-electron chi connectivity index (χ1n) is 10.9. The van der Waals surface area contributed by atoms with Crippen LogP contribution >= 0.6 is 0 Å². The van der Waals surface area contributed by atoms with Crippen LogP contribution < -0.4 is 16.0 Å². The molecule has 0 aliphatic carbocycles. The van der Waals surface area contributed by atoms with E-state index in [0.29, 0.717) is 41.2 Å². The fourth-order valence-electron chi connectivity index (χ4n) is 4.17. The van der Waals surface area contributed by atoms with Crippen LogP contribution in [0.5, 0.6) is 0 Å². The highest BCUT2D eigenvalue weighted by Crippen LogP contribution is 2.37. The zero-order valence-corrected chi connectivity index (χ0v) is 17.9. The molecule has 0 spiro atoms. The number of nitrogens with zero attached hydrogens (tertiary/aromatic N) is 1. The molecule has 1 saturated heterocycles. The Morgan fingerprint density at radius 3 is 2.36 bits per heavy atom. The number of anilines is 2. The van der Waals surface area contributed by atoms with Gasteiger partial charge in [-0.15, -0.1) is 0 Å². The second-order valence-corrected chi connectivity index (χ2v) is 8.00. The van der Waals surface area contributed by atoms with Gasteiger partial charge in [0.15, 0.2) is 0 Å². The number of rotatable bonds is 4. The summed E-state index contributed by atoms with van der Waals surface area (Å²) in [6.45, 7) is 2.98. The number of hydrogen-bond acceptors (Lipinski definition) is 4. The van der Waals surface area contributed by atoms with Crippen LogP contribution in [0.1, 0.15) is 21.5 Å². The van der Waals surface area contributed by atoms with E-state index in [0.717, 1.165) is 24.3 Å². The van der Waals surface area contributed by atoms with E-state index in [-0.39, 0.29) is 11.8 Å². The summed E-state index contributed by atoms with van der Waals surface area (Å²) in [4.78, 5) is 27.5. The summed E-state index contributed by atoms with van der Waals surface area (Å²) in [6.07, 6.45) is 0. The molecule has 0 unspecified atom stereocenters. The van der Waals surface area contributed by atoms with E-state index in [2.05, 4.69) is 16.0 Å². The van der Waals surface area contributed by atoms with Gasteiger partial charge in [0.2, 0.25) is 0 Å². The minimum atomic E-state index is -0.408. The molecular formula is C26H23FN4O2. The Morgan fingerprint density at radius 1 is 0.909 bits per heavy atom. The minimum absolute atomic E-state index is 0.0100. The fraction of sp³-hybridized carbons (Fsp3) is 0.154. The van der Waals surface area contributed by atoms with Crippen molar-refractivity contribution in [3.8, 4) is 0 Å². The number of carbonyl (C=O) groups excluding carboxylic acids is 2. The molecule has 7 heteroatoms. The highest BCUT2D eigenvalue weighted by atomic mass is 19.1. The molecule has 2 heterocycles. The summed E-state index contributed by atoms with van der Waals surface area (Å²) in [7, 11) is 0. The van der Waals surface area contributed by atoms with Crippen LogP contribution in [-0.4, -0.2) is 42.9 Å². The fourth-order valence-corrected chi connectivity index (χ4v) is 4.17.